The predicted molar refractivity (Wildman–Crippen MR) is 78.4 cm³/mol. The third-order valence-electron chi connectivity index (χ3n) is 4.43. The quantitative estimate of drug-likeness (QED) is 0.711. The van der Waals surface area contributed by atoms with E-state index in [1.807, 2.05) is 0 Å². The van der Waals surface area contributed by atoms with Gasteiger partial charge in [-0.15, -0.1) is 0 Å². The molecule has 1 atom stereocenters. The van der Waals surface area contributed by atoms with Crippen molar-refractivity contribution in [2.45, 2.75) is 64.5 Å². The van der Waals surface area contributed by atoms with Gasteiger partial charge in [-0.3, -0.25) is 4.79 Å². The first-order valence-corrected chi connectivity index (χ1v) is 7.74. The Morgan fingerprint density at radius 3 is 2.42 bits per heavy atom. The molecule has 0 heterocycles. The number of hydrogen-bond acceptors (Lipinski definition) is 3. The van der Waals surface area contributed by atoms with E-state index in [-0.39, 0.29) is 0 Å². The second-order valence-corrected chi connectivity index (χ2v) is 5.87. The number of carbonyl (C=O) groups is 1. The SMILES string of the molecule is CCCNC(CN(C)C1CCC(CC)CC1)C(=O)O. The molecule has 0 aromatic rings. The molecule has 19 heavy (non-hydrogen) atoms. The minimum Gasteiger partial charge on any atom is -0.480 e. The minimum absolute atomic E-state index is 0.436. The summed E-state index contributed by atoms with van der Waals surface area (Å²) >= 11 is 0. The van der Waals surface area contributed by atoms with Gasteiger partial charge in [0.25, 0.3) is 0 Å². The lowest BCUT2D eigenvalue weighted by molar-refractivity contribution is -0.140. The van der Waals surface area contributed by atoms with Crippen LogP contribution in [0.15, 0.2) is 0 Å². The van der Waals surface area contributed by atoms with Gasteiger partial charge in [0.2, 0.25) is 0 Å². The minimum atomic E-state index is -0.734. The van der Waals surface area contributed by atoms with Crippen molar-refractivity contribution < 1.29 is 9.90 Å². The van der Waals surface area contributed by atoms with Crippen molar-refractivity contribution in [1.82, 2.24) is 10.2 Å². The van der Waals surface area contributed by atoms with Crippen molar-refractivity contribution in [3.63, 3.8) is 0 Å². The van der Waals surface area contributed by atoms with Crippen LogP contribution in [0.1, 0.15) is 52.4 Å². The third kappa shape index (κ3) is 5.49. The maximum atomic E-state index is 11.2. The fourth-order valence-corrected chi connectivity index (χ4v) is 2.98. The largest absolute Gasteiger partial charge is 0.480 e. The molecule has 1 saturated carbocycles. The summed E-state index contributed by atoms with van der Waals surface area (Å²) in [5.41, 5.74) is 0. The highest BCUT2D eigenvalue weighted by atomic mass is 16.4. The van der Waals surface area contributed by atoms with Crippen molar-refractivity contribution in [3.8, 4) is 0 Å². The summed E-state index contributed by atoms with van der Waals surface area (Å²) in [6.07, 6.45) is 7.28. The second-order valence-electron chi connectivity index (χ2n) is 5.87. The molecular formula is C15H30N2O2. The number of likely N-dealkylation sites (N-methyl/N-ethyl adjacent to an activating group) is 1. The van der Waals surface area contributed by atoms with Crippen LogP contribution in [0, 0.1) is 5.92 Å². The number of aliphatic carboxylic acids is 1. The highest BCUT2D eigenvalue weighted by molar-refractivity contribution is 5.73. The molecule has 1 fully saturated rings. The van der Waals surface area contributed by atoms with E-state index in [1.54, 1.807) is 0 Å². The Morgan fingerprint density at radius 2 is 1.95 bits per heavy atom. The monoisotopic (exact) mass is 270 g/mol. The smallest absolute Gasteiger partial charge is 0.322 e. The van der Waals surface area contributed by atoms with Crippen LogP contribution >= 0.6 is 0 Å². The third-order valence-corrected chi connectivity index (χ3v) is 4.43. The molecule has 0 aromatic heterocycles. The molecule has 1 aliphatic carbocycles. The molecule has 4 heteroatoms. The highest BCUT2D eigenvalue weighted by Crippen LogP contribution is 2.28. The van der Waals surface area contributed by atoms with Gasteiger partial charge in [0.05, 0.1) is 0 Å². The zero-order valence-corrected chi connectivity index (χ0v) is 12.7. The van der Waals surface area contributed by atoms with Crippen molar-refractivity contribution in [1.29, 1.82) is 0 Å². The first-order chi connectivity index (χ1) is 9.08. The van der Waals surface area contributed by atoms with E-state index in [0.29, 0.717) is 12.6 Å². The molecule has 1 unspecified atom stereocenters. The Kier molecular flexibility index (Phi) is 7.39. The van der Waals surface area contributed by atoms with Gasteiger partial charge in [-0.1, -0.05) is 20.3 Å². The summed E-state index contributed by atoms with van der Waals surface area (Å²) < 4.78 is 0. The predicted octanol–water partition coefficient (Wildman–Crippen LogP) is 2.34. The molecular weight excluding hydrogens is 240 g/mol. The lowest BCUT2D eigenvalue weighted by Gasteiger charge is -2.35. The number of nitrogens with one attached hydrogen (secondary N) is 1. The van der Waals surface area contributed by atoms with Crippen molar-refractivity contribution in [3.05, 3.63) is 0 Å². The molecule has 0 bridgehead atoms. The molecule has 0 aliphatic heterocycles. The van der Waals surface area contributed by atoms with Gasteiger partial charge in [0, 0.05) is 12.6 Å². The van der Waals surface area contributed by atoms with Gasteiger partial charge in [-0.05, 0) is 51.6 Å². The Labute approximate surface area is 117 Å². The van der Waals surface area contributed by atoms with Crippen LogP contribution in [0.25, 0.3) is 0 Å². The van der Waals surface area contributed by atoms with E-state index in [2.05, 4.69) is 31.1 Å². The summed E-state index contributed by atoms with van der Waals surface area (Å²) in [6, 6.07) is 0.127. The van der Waals surface area contributed by atoms with Gasteiger partial charge in [0.1, 0.15) is 6.04 Å². The fraction of sp³-hybridized carbons (Fsp3) is 0.933. The highest BCUT2D eigenvalue weighted by Gasteiger charge is 2.26. The summed E-state index contributed by atoms with van der Waals surface area (Å²) in [7, 11) is 2.07. The van der Waals surface area contributed by atoms with Crippen molar-refractivity contribution in [2.24, 2.45) is 5.92 Å². The molecule has 1 rings (SSSR count). The molecule has 0 spiro atoms. The van der Waals surface area contributed by atoms with Crippen molar-refractivity contribution in [2.75, 3.05) is 20.1 Å². The molecule has 1 aliphatic rings. The van der Waals surface area contributed by atoms with E-state index in [9.17, 15) is 9.90 Å². The summed E-state index contributed by atoms with van der Waals surface area (Å²) in [5, 5.41) is 12.4. The van der Waals surface area contributed by atoms with E-state index in [4.69, 9.17) is 0 Å². The van der Waals surface area contributed by atoms with Gasteiger partial charge in [-0.25, -0.2) is 0 Å². The first kappa shape index (κ1) is 16.4. The van der Waals surface area contributed by atoms with Crippen LogP contribution in [-0.2, 0) is 4.79 Å². The van der Waals surface area contributed by atoms with Crippen LogP contribution in [0.5, 0.6) is 0 Å². The van der Waals surface area contributed by atoms with E-state index in [0.717, 1.165) is 18.9 Å². The zero-order valence-electron chi connectivity index (χ0n) is 12.7. The van der Waals surface area contributed by atoms with E-state index < -0.39 is 12.0 Å². The van der Waals surface area contributed by atoms with Crippen LogP contribution < -0.4 is 5.32 Å². The maximum Gasteiger partial charge on any atom is 0.322 e. The van der Waals surface area contributed by atoms with E-state index in [1.165, 1.54) is 32.1 Å². The molecule has 0 aromatic carbocycles. The molecule has 112 valence electrons. The molecule has 2 N–H and O–H groups in total. The molecule has 4 nitrogen and oxygen atoms in total. The number of carboxylic acids is 1. The van der Waals surface area contributed by atoms with Crippen LogP contribution in [0.2, 0.25) is 0 Å². The van der Waals surface area contributed by atoms with Gasteiger partial charge < -0.3 is 15.3 Å². The summed E-state index contributed by atoms with van der Waals surface area (Å²) in [4.78, 5) is 13.5. The average molecular weight is 270 g/mol. The Morgan fingerprint density at radius 1 is 1.32 bits per heavy atom. The van der Waals surface area contributed by atoms with Gasteiger partial charge >= 0.3 is 5.97 Å². The van der Waals surface area contributed by atoms with E-state index >= 15 is 0 Å². The van der Waals surface area contributed by atoms with Gasteiger partial charge in [0.15, 0.2) is 0 Å². The lowest BCUT2D eigenvalue weighted by Crippen LogP contribution is -2.48. The topological polar surface area (TPSA) is 52.6 Å². The number of carboxylic acid groups (broad SMARTS) is 1. The maximum absolute atomic E-state index is 11.2. The summed E-state index contributed by atoms with van der Waals surface area (Å²) in [6.45, 7) is 5.70. The molecule has 0 radical (unpaired) electrons. The fourth-order valence-electron chi connectivity index (χ4n) is 2.98. The molecule has 0 saturated heterocycles. The van der Waals surface area contributed by atoms with Crippen molar-refractivity contribution >= 4 is 5.97 Å². The second kappa shape index (κ2) is 8.54. The zero-order chi connectivity index (χ0) is 14.3. The van der Waals surface area contributed by atoms with Crippen LogP contribution in [0.3, 0.4) is 0 Å². The van der Waals surface area contributed by atoms with Gasteiger partial charge in [-0.2, -0.15) is 0 Å². The normalized spacial score (nSPS) is 25.5. The Bertz CT molecular complexity index is 263. The number of nitrogens with zero attached hydrogens (tertiary/aromatic N) is 1. The Hall–Kier alpha value is -0.610. The first-order valence-electron chi connectivity index (χ1n) is 7.74. The van der Waals surface area contributed by atoms with Crippen LogP contribution in [-0.4, -0.2) is 48.2 Å². The van der Waals surface area contributed by atoms with Crippen LogP contribution in [0.4, 0.5) is 0 Å². The average Bonchev–Trinajstić information content (AvgIpc) is 2.43. The summed E-state index contributed by atoms with van der Waals surface area (Å²) in [5.74, 6) is 0.153. The number of hydrogen-bond donors (Lipinski definition) is 2. The standard InChI is InChI=1S/C15H30N2O2/c1-4-10-16-14(15(18)19)11-17(3)13-8-6-12(5-2)7-9-13/h12-14,16H,4-11H2,1-3H3,(H,18,19). The number of rotatable bonds is 8. The lowest BCUT2D eigenvalue weighted by atomic mass is 9.84. The Balaban J connectivity index is 2.39. The molecule has 0 amide bonds.